The molecule has 1 N–H and O–H groups in total. The Morgan fingerprint density at radius 1 is 1.21 bits per heavy atom. The molecule has 0 aliphatic carbocycles. The van der Waals surface area contributed by atoms with E-state index in [0.29, 0.717) is 18.8 Å². The van der Waals surface area contributed by atoms with Crippen LogP contribution < -0.4 is 10.1 Å². The first kappa shape index (κ1) is 21.5. The first-order chi connectivity index (χ1) is 13.4. The van der Waals surface area contributed by atoms with E-state index in [4.69, 9.17) is 14.0 Å². The second-order valence-electron chi connectivity index (χ2n) is 6.66. The van der Waals surface area contributed by atoms with Gasteiger partial charge in [0, 0.05) is 12.1 Å². The van der Waals surface area contributed by atoms with Crippen molar-refractivity contribution in [1.29, 1.82) is 0 Å². The number of rotatable bonds is 10. The van der Waals surface area contributed by atoms with E-state index in [1.54, 1.807) is 13.0 Å². The summed E-state index contributed by atoms with van der Waals surface area (Å²) in [6.45, 7) is 8.18. The van der Waals surface area contributed by atoms with E-state index >= 15 is 0 Å². The molecule has 7 nitrogen and oxygen atoms in total. The molecule has 152 valence electrons. The van der Waals surface area contributed by atoms with E-state index in [9.17, 15) is 9.59 Å². The fourth-order valence-corrected chi connectivity index (χ4v) is 2.91. The van der Waals surface area contributed by atoms with Gasteiger partial charge in [-0.2, -0.15) is 0 Å². The molecule has 0 saturated carbocycles. The third-order valence-corrected chi connectivity index (χ3v) is 4.25. The maximum absolute atomic E-state index is 12.4. The third-order valence-electron chi connectivity index (χ3n) is 4.25. The van der Waals surface area contributed by atoms with Gasteiger partial charge in [0.05, 0.1) is 13.0 Å². The number of para-hydroxylation sites is 1. The van der Waals surface area contributed by atoms with Crippen molar-refractivity contribution in [3.63, 3.8) is 0 Å². The Hall–Kier alpha value is -2.83. The second-order valence-corrected chi connectivity index (χ2v) is 6.66. The average molecular weight is 388 g/mol. The Morgan fingerprint density at radius 2 is 1.93 bits per heavy atom. The third kappa shape index (κ3) is 6.11. The summed E-state index contributed by atoms with van der Waals surface area (Å²) in [4.78, 5) is 24.1. The summed E-state index contributed by atoms with van der Waals surface area (Å²) >= 11 is 0. The molecule has 1 atom stereocenters. The maximum Gasteiger partial charge on any atom is 0.307 e. The van der Waals surface area contributed by atoms with Crippen molar-refractivity contribution < 1.29 is 23.6 Å². The highest BCUT2D eigenvalue weighted by molar-refractivity contribution is 5.92. The van der Waals surface area contributed by atoms with Gasteiger partial charge in [-0.25, -0.2) is 0 Å². The summed E-state index contributed by atoms with van der Waals surface area (Å²) in [5.74, 6) is 0.529. The molecule has 1 amide bonds. The predicted molar refractivity (Wildman–Crippen MR) is 104 cm³/mol. The first-order valence-electron chi connectivity index (χ1n) is 9.55. The number of carbonyl (C=O) groups is 2. The average Bonchev–Trinajstić information content (AvgIpc) is 3.11. The van der Waals surface area contributed by atoms with Crippen molar-refractivity contribution in [2.75, 3.05) is 6.61 Å². The molecule has 1 heterocycles. The summed E-state index contributed by atoms with van der Waals surface area (Å²) in [6, 6.07) is 7.16. The normalized spacial score (nSPS) is 11.7. The molecule has 1 aromatic carbocycles. The van der Waals surface area contributed by atoms with E-state index < -0.39 is 0 Å². The van der Waals surface area contributed by atoms with Gasteiger partial charge >= 0.3 is 5.97 Å². The number of carbonyl (C=O) groups excluding carboxylic acids is 2. The fraction of sp³-hybridized carbons (Fsp3) is 0.476. The van der Waals surface area contributed by atoms with Crippen LogP contribution in [0.25, 0.3) is 0 Å². The minimum Gasteiger partial charge on any atom is -0.485 e. The molecular formula is C21H28N2O5. The van der Waals surface area contributed by atoms with Crippen molar-refractivity contribution in [3.05, 3.63) is 46.8 Å². The maximum atomic E-state index is 12.4. The highest BCUT2D eigenvalue weighted by atomic mass is 16.5. The Bertz CT molecular complexity index is 780. The number of nitrogens with one attached hydrogen (secondary N) is 1. The van der Waals surface area contributed by atoms with Crippen molar-refractivity contribution >= 4 is 11.9 Å². The molecule has 2 rings (SSSR count). The van der Waals surface area contributed by atoms with E-state index in [1.807, 2.05) is 39.0 Å². The van der Waals surface area contributed by atoms with Crippen molar-refractivity contribution in [2.24, 2.45) is 0 Å². The van der Waals surface area contributed by atoms with E-state index in [2.05, 4.69) is 10.5 Å². The van der Waals surface area contributed by atoms with Crippen molar-refractivity contribution in [2.45, 2.75) is 59.6 Å². The van der Waals surface area contributed by atoms with Gasteiger partial charge in [-0.3, -0.25) is 9.59 Å². The van der Waals surface area contributed by atoms with Crippen molar-refractivity contribution in [1.82, 2.24) is 10.5 Å². The smallest absolute Gasteiger partial charge is 0.307 e. The molecule has 0 aliphatic rings. The van der Waals surface area contributed by atoms with Crippen molar-refractivity contribution in [3.8, 4) is 5.75 Å². The predicted octanol–water partition coefficient (Wildman–Crippen LogP) is 3.72. The van der Waals surface area contributed by atoms with Crippen LogP contribution in [0, 0.1) is 13.8 Å². The van der Waals surface area contributed by atoms with Crippen LogP contribution >= 0.6 is 0 Å². The van der Waals surface area contributed by atoms with Crippen LogP contribution in [0.5, 0.6) is 5.75 Å². The topological polar surface area (TPSA) is 90.7 Å². The molecule has 0 fully saturated rings. The number of ether oxygens (including phenoxy) is 2. The minimum absolute atomic E-state index is 0.133. The quantitative estimate of drug-likeness (QED) is 0.624. The molecular weight excluding hydrogens is 360 g/mol. The lowest BCUT2D eigenvalue weighted by Crippen LogP contribution is -2.37. The fourth-order valence-electron chi connectivity index (χ4n) is 2.91. The molecule has 28 heavy (non-hydrogen) atoms. The summed E-state index contributed by atoms with van der Waals surface area (Å²) in [7, 11) is 0. The first-order valence-corrected chi connectivity index (χ1v) is 9.55. The van der Waals surface area contributed by atoms with Crippen LogP contribution in [0.1, 0.15) is 60.5 Å². The lowest BCUT2D eigenvalue weighted by atomic mass is 10.1. The largest absolute Gasteiger partial charge is 0.485 e. The lowest BCUT2D eigenvalue weighted by Gasteiger charge is -2.16. The van der Waals surface area contributed by atoms with E-state index in [0.717, 1.165) is 23.3 Å². The standard InChI is InChI=1S/C21H28N2O5/c1-5-8-16(11-19(24)26-6-2)22-21(25)18-12-17(28-23-18)13-27-20-14(3)9-7-10-15(20)4/h7,9-10,12,16H,5-6,8,11,13H2,1-4H3,(H,22,25)/t16-/m1/s1. The number of hydrogen-bond donors (Lipinski definition) is 1. The molecule has 2 aromatic rings. The van der Waals surface area contributed by atoms with Gasteiger partial charge in [0.1, 0.15) is 12.4 Å². The van der Waals surface area contributed by atoms with Crippen LogP contribution in [-0.4, -0.2) is 29.7 Å². The number of nitrogens with zero attached hydrogens (tertiary/aromatic N) is 1. The van der Waals surface area contributed by atoms with Gasteiger partial charge in [0.2, 0.25) is 0 Å². The monoisotopic (exact) mass is 388 g/mol. The number of aryl methyl sites for hydroxylation is 2. The van der Waals surface area contributed by atoms with E-state index in [1.165, 1.54) is 0 Å². The van der Waals surface area contributed by atoms with Gasteiger partial charge in [-0.15, -0.1) is 0 Å². The lowest BCUT2D eigenvalue weighted by molar-refractivity contribution is -0.143. The number of amides is 1. The highest BCUT2D eigenvalue weighted by Gasteiger charge is 2.20. The Kier molecular flexibility index (Phi) is 8.04. The molecule has 0 bridgehead atoms. The highest BCUT2D eigenvalue weighted by Crippen LogP contribution is 2.23. The number of esters is 1. The Morgan fingerprint density at radius 3 is 2.57 bits per heavy atom. The zero-order valence-corrected chi connectivity index (χ0v) is 16.9. The Balaban J connectivity index is 1.95. The van der Waals surface area contributed by atoms with Gasteiger partial charge in [-0.1, -0.05) is 36.7 Å². The molecule has 0 radical (unpaired) electrons. The SMILES string of the molecule is CCC[C@H](CC(=O)OCC)NC(=O)c1cc(COc2c(C)cccc2C)on1. The Labute approximate surface area is 165 Å². The number of benzene rings is 1. The zero-order chi connectivity index (χ0) is 20.5. The van der Waals surface area contributed by atoms with Gasteiger partial charge in [-0.05, 0) is 38.3 Å². The molecule has 1 aromatic heterocycles. The summed E-state index contributed by atoms with van der Waals surface area (Å²) in [5.41, 5.74) is 2.21. The molecule has 0 saturated heterocycles. The number of hydrogen-bond acceptors (Lipinski definition) is 6. The molecule has 0 unspecified atom stereocenters. The van der Waals surface area contributed by atoms with Crippen LogP contribution in [0.2, 0.25) is 0 Å². The van der Waals surface area contributed by atoms with Crippen LogP contribution in [0.4, 0.5) is 0 Å². The van der Waals surface area contributed by atoms with Gasteiger partial charge in [0.15, 0.2) is 11.5 Å². The molecule has 7 heteroatoms. The van der Waals surface area contributed by atoms with Gasteiger partial charge in [0.25, 0.3) is 5.91 Å². The van der Waals surface area contributed by atoms with Crippen LogP contribution in [0.3, 0.4) is 0 Å². The summed E-state index contributed by atoms with van der Waals surface area (Å²) in [5, 5.41) is 6.64. The summed E-state index contributed by atoms with van der Waals surface area (Å²) in [6.07, 6.45) is 1.64. The van der Waals surface area contributed by atoms with E-state index in [-0.39, 0.29) is 36.6 Å². The number of aromatic nitrogens is 1. The second kappa shape index (κ2) is 10.5. The molecule has 0 aliphatic heterocycles. The minimum atomic E-state index is -0.384. The van der Waals surface area contributed by atoms with Gasteiger partial charge < -0.3 is 19.3 Å². The van der Waals surface area contributed by atoms with Crippen LogP contribution in [-0.2, 0) is 16.1 Å². The molecule has 0 spiro atoms. The summed E-state index contributed by atoms with van der Waals surface area (Å²) < 4.78 is 16.0. The zero-order valence-electron chi connectivity index (χ0n) is 16.9. The van der Waals surface area contributed by atoms with Crippen LogP contribution in [0.15, 0.2) is 28.8 Å².